The molecule has 0 aromatic carbocycles. The van der Waals surface area contributed by atoms with E-state index in [-0.39, 0.29) is 0 Å². The van der Waals surface area contributed by atoms with Gasteiger partial charge in [-0.2, -0.15) is 0 Å². The van der Waals surface area contributed by atoms with Gasteiger partial charge in [-0.25, -0.2) is 0 Å². The highest BCUT2D eigenvalue weighted by Crippen LogP contribution is 2.23. The van der Waals surface area contributed by atoms with E-state index < -0.39 is 0 Å². The van der Waals surface area contributed by atoms with Crippen LogP contribution in [0.15, 0.2) is 15.9 Å². The molecule has 0 radical (unpaired) electrons. The van der Waals surface area contributed by atoms with Gasteiger partial charge >= 0.3 is 0 Å². The number of nitrogens with one attached hydrogen (secondary N) is 1. The highest BCUT2D eigenvalue weighted by atomic mass is 79.9. The molecule has 0 aliphatic carbocycles. The van der Waals surface area contributed by atoms with Gasteiger partial charge in [0.1, 0.15) is 0 Å². The van der Waals surface area contributed by atoms with Crippen LogP contribution in [0.3, 0.4) is 0 Å². The summed E-state index contributed by atoms with van der Waals surface area (Å²) in [7, 11) is 4.26. The van der Waals surface area contributed by atoms with Crippen molar-refractivity contribution in [2.75, 3.05) is 27.2 Å². The standard InChI is InChI=1S/C12H21BrN2S/c1-4-7-14-10(9-15(2)3)8-11-5-6-12(13)16-11/h5-6,10,14H,4,7-9H2,1-3H3. The van der Waals surface area contributed by atoms with Crippen LogP contribution in [-0.2, 0) is 6.42 Å². The molecule has 0 amide bonds. The first-order valence-electron chi connectivity index (χ1n) is 5.74. The van der Waals surface area contributed by atoms with Crippen LogP contribution in [0.2, 0.25) is 0 Å². The van der Waals surface area contributed by atoms with Crippen LogP contribution < -0.4 is 5.32 Å². The van der Waals surface area contributed by atoms with Crippen LogP contribution in [0.1, 0.15) is 18.2 Å². The average molecular weight is 305 g/mol. The van der Waals surface area contributed by atoms with E-state index in [2.05, 4.69) is 59.3 Å². The molecule has 0 bridgehead atoms. The third-order valence-electron chi connectivity index (χ3n) is 2.34. The molecule has 4 heteroatoms. The van der Waals surface area contributed by atoms with Gasteiger partial charge in [0.25, 0.3) is 0 Å². The molecule has 1 N–H and O–H groups in total. The summed E-state index contributed by atoms with van der Waals surface area (Å²) >= 11 is 5.35. The second kappa shape index (κ2) is 7.43. The van der Waals surface area contributed by atoms with Gasteiger partial charge in [0.2, 0.25) is 0 Å². The smallest absolute Gasteiger partial charge is 0.0701 e. The lowest BCUT2D eigenvalue weighted by Gasteiger charge is -2.21. The number of thiophene rings is 1. The summed E-state index contributed by atoms with van der Waals surface area (Å²) in [5.41, 5.74) is 0. The quantitative estimate of drug-likeness (QED) is 0.833. The van der Waals surface area contributed by atoms with Crippen molar-refractivity contribution in [2.45, 2.75) is 25.8 Å². The van der Waals surface area contributed by atoms with E-state index in [1.807, 2.05) is 11.3 Å². The van der Waals surface area contributed by atoms with Gasteiger partial charge in [-0.3, -0.25) is 0 Å². The van der Waals surface area contributed by atoms with Crippen molar-refractivity contribution < 1.29 is 0 Å². The molecule has 16 heavy (non-hydrogen) atoms. The number of nitrogens with zero attached hydrogens (tertiary/aromatic N) is 1. The van der Waals surface area contributed by atoms with Crippen LogP contribution in [0.5, 0.6) is 0 Å². The molecule has 0 spiro atoms. The molecule has 2 nitrogen and oxygen atoms in total. The van der Waals surface area contributed by atoms with E-state index in [9.17, 15) is 0 Å². The van der Waals surface area contributed by atoms with Gasteiger partial charge in [-0.15, -0.1) is 11.3 Å². The van der Waals surface area contributed by atoms with Crippen molar-refractivity contribution in [3.63, 3.8) is 0 Å². The van der Waals surface area contributed by atoms with Gasteiger partial charge in [-0.1, -0.05) is 6.92 Å². The highest BCUT2D eigenvalue weighted by molar-refractivity contribution is 9.11. The monoisotopic (exact) mass is 304 g/mol. The first-order chi connectivity index (χ1) is 7.61. The van der Waals surface area contributed by atoms with Crippen molar-refractivity contribution in [1.29, 1.82) is 0 Å². The Morgan fingerprint density at radius 3 is 2.69 bits per heavy atom. The topological polar surface area (TPSA) is 15.3 Å². The largest absolute Gasteiger partial charge is 0.312 e. The lowest BCUT2D eigenvalue weighted by molar-refractivity contribution is 0.337. The SMILES string of the molecule is CCCNC(Cc1ccc(Br)s1)CN(C)C. The zero-order valence-electron chi connectivity index (χ0n) is 10.3. The van der Waals surface area contributed by atoms with E-state index in [0.29, 0.717) is 6.04 Å². The summed E-state index contributed by atoms with van der Waals surface area (Å²) in [5.74, 6) is 0. The fourth-order valence-electron chi connectivity index (χ4n) is 1.69. The molecule has 0 saturated heterocycles. The molecule has 0 aliphatic heterocycles. The Hall–Kier alpha value is 0.1000. The van der Waals surface area contributed by atoms with E-state index in [1.165, 1.54) is 15.1 Å². The first kappa shape index (κ1) is 14.2. The maximum atomic E-state index is 3.61. The Labute approximate surface area is 111 Å². The van der Waals surface area contributed by atoms with Crippen LogP contribution >= 0.6 is 27.3 Å². The Bertz CT molecular complexity index is 299. The predicted molar refractivity (Wildman–Crippen MR) is 76.4 cm³/mol. The Morgan fingerprint density at radius 2 is 2.19 bits per heavy atom. The minimum Gasteiger partial charge on any atom is -0.312 e. The third-order valence-corrected chi connectivity index (χ3v) is 3.99. The van der Waals surface area contributed by atoms with Gasteiger partial charge in [0.15, 0.2) is 0 Å². The van der Waals surface area contributed by atoms with E-state index in [1.54, 1.807) is 0 Å². The minimum absolute atomic E-state index is 0.556. The number of hydrogen-bond donors (Lipinski definition) is 1. The Balaban J connectivity index is 2.48. The van der Waals surface area contributed by atoms with Crippen LogP contribution in [-0.4, -0.2) is 38.1 Å². The molecule has 1 aromatic rings. The second-order valence-corrected chi connectivity index (χ2v) is 6.87. The highest BCUT2D eigenvalue weighted by Gasteiger charge is 2.11. The van der Waals surface area contributed by atoms with Gasteiger partial charge in [0.05, 0.1) is 3.79 Å². The van der Waals surface area contributed by atoms with Gasteiger partial charge < -0.3 is 10.2 Å². The molecule has 1 atom stereocenters. The molecule has 0 saturated carbocycles. The summed E-state index contributed by atoms with van der Waals surface area (Å²) in [6.07, 6.45) is 2.31. The number of rotatable bonds is 7. The average Bonchev–Trinajstić information content (AvgIpc) is 2.59. The molecular formula is C12H21BrN2S. The fourth-order valence-corrected chi connectivity index (χ4v) is 3.26. The summed E-state index contributed by atoms with van der Waals surface area (Å²) < 4.78 is 1.22. The van der Waals surface area contributed by atoms with Crippen molar-refractivity contribution >= 4 is 27.3 Å². The molecule has 92 valence electrons. The summed E-state index contributed by atoms with van der Waals surface area (Å²) in [4.78, 5) is 3.69. The molecule has 1 aromatic heterocycles. The summed E-state index contributed by atoms with van der Waals surface area (Å²) in [6.45, 7) is 4.40. The number of hydrogen-bond acceptors (Lipinski definition) is 3. The molecule has 0 fully saturated rings. The zero-order valence-corrected chi connectivity index (χ0v) is 12.7. The van der Waals surface area contributed by atoms with Crippen molar-refractivity contribution in [3.05, 3.63) is 20.8 Å². The predicted octanol–water partition coefficient (Wildman–Crippen LogP) is 2.98. The molecule has 1 heterocycles. The number of halogens is 1. The van der Waals surface area contributed by atoms with Gasteiger partial charge in [0, 0.05) is 17.5 Å². The lowest BCUT2D eigenvalue weighted by Crippen LogP contribution is -2.40. The Kier molecular flexibility index (Phi) is 6.58. The van der Waals surface area contributed by atoms with E-state index >= 15 is 0 Å². The zero-order chi connectivity index (χ0) is 12.0. The minimum atomic E-state index is 0.556. The Morgan fingerprint density at radius 1 is 1.44 bits per heavy atom. The summed E-state index contributed by atoms with van der Waals surface area (Å²) in [5, 5.41) is 3.61. The molecule has 1 rings (SSSR count). The van der Waals surface area contributed by atoms with Crippen molar-refractivity contribution in [3.8, 4) is 0 Å². The van der Waals surface area contributed by atoms with Crippen LogP contribution in [0.4, 0.5) is 0 Å². The number of likely N-dealkylation sites (N-methyl/N-ethyl adjacent to an activating group) is 1. The maximum absolute atomic E-state index is 3.61. The summed E-state index contributed by atoms with van der Waals surface area (Å²) in [6, 6.07) is 4.90. The first-order valence-corrected chi connectivity index (χ1v) is 7.35. The molecule has 1 unspecified atom stereocenters. The van der Waals surface area contributed by atoms with Gasteiger partial charge in [-0.05, 0) is 61.5 Å². The van der Waals surface area contributed by atoms with E-state index in [0.717, 1.165) is 19.5 Å². The maximum Gasteiger partial charge on any atom is 0.0701 e. The lowest BCUT2D eigenvalue weighted by atomic mass is 10.1. The second-order valence-electron chi connectivity index (χ2n) is 4.32. The fraction of sp³-hybridized carbons (Fsp3) is 0.667. The van der Waals surface area contributed by atoms with Crippen LogP contribution in [0, 0.1) is 0 Å². The normalized spacial score (nSPS) is 13.3. The third kappa shape index (κ3) is 5.43. The van der Waals surface area contributed by atoms with Crippen molar-refractivity contribution in [2.24, 2.45) is 0 Å². The molecule has 0 aliphatic rings. The van der Waals surface area contributed by atoms with Crippen molar-refractivity contribution in [1.82, 2.24) is 10.2 Å². The van der Waals surface area contributed by atoms with E-state index in [4.69, 9.17) is 0 Å². The van der Waals surface area contributed by atoms with Crippen LogP contribution in [0.25, 0.3) is 0 Å². The molecular weight excluding hydrogens is 284 g/mol.